The molecule has 3 heteroatoms. The van der Waals surface area contributed by atoms with Crippen LogP contribution in [-0.2, 0) is 6.54 Å². The van der Waals surface area contributed by atoms with Crippen LogP contribution in [-0.4, -0.2) is 28.2 Å². The molecule has 94 valence electrons. The van der Waals surface area contributed by atoms with Gasteiger partial charge in [0.15, 0.2) is 0 Å². The topological polar surface area (TPSA) is 47.3 Å². The number of aliphatic hydroxyl groups is 1. The van der Waals surface area contributed by atoms with Crippen LogP contribution in [0, 0.1) is 17.2 Å². The minimum atomic E-state index is -0.261. The van der Waals surface area contributed by atoms with E-state index in [0.29, 0.717) is 6.04 Å². The van der Waals surface area contributed by atoms with E-state index in [2.05, 4.69) is 23.1 Å². The zero-order valence-electron chi connectivity index (χ0n) is 10.4. The fourth-order valence-corrected chi connectivity index (χ4v) is 3.48. The van der Waals surface area contributed by atoms with E-state index in [1.165, 1.54) is 5.56 Å². The fraction of sp³-hybridized carbons (Fsp3) is 0.533. The van der Waals surface area contributed by atoms with Crippen LogP contribution in [0.15, 0.2) is 30.3 Å². The molecule has 0 saturated carbocycles. The lowest BCUT2D eigenvalue weighted by atomic mass is 9.97. The highest BCUT2D eigenvalue weighted by atomic mass is 16.3. The molecule has 0 spiro atoms. The van der Waals surface area contributed by atoms with Gasteiger partial charge in [-0.15, -0.1) is 0 Å². The largest absolute Gasteiger partial charge is 0.391 e. The van der Waals surface area contributed by atoms with Crippen molar-refractivity contribution >= 4 is 0 Å². The monoisotopic (exact) mass is 242 g/mol. The van der Waals surface area contributed by atoms with E-state index >= 15 is 0 Å². The van der Waals surface area contributed by atoms with Crippen molar-refractivity contribution in [2.75, 3.05) is 0 Å². The Morgan fingerprint density at radius 3 is 2.72 bits per heavy atom. The highest BCUT2D eigenvalue weighted by Gasteiger charge is 2.47. The summed E-state index contributed by atoms with van der Waals surface area (Å²) in [6.07, 6.45) is 2.36. The number of benzene rings is 1. The van der Waals surface area contributed by atoms with Gasteiger partial charge in [0.25, 0.3) is 0 Å². The van der Waals surface area contributed by atoms with E-state index in [9.17, 15) is 10.4 Å². The van der Waals surface area contributed by atoms with Gasteiger partial charge in [-0.3, -0.25) is 4.90 Å². The SMILES string of the molecule is N#C[C@H]1C[C@@H]2[C@H](O)CC[C@H]1N2Cc1ccccc1. The Hall–Kier alpha value is -1.37. The lowest BCUT2D eigenvalue weighted by Gasteiger charge is -2.38. The predicted molar refractivity (Wildman–Crippen MR) is 68.5 cm³/mol. The lowest BCUT2D eigenvalue weighted by molar-refractivity contribution is 0.00817. The molecule has 1 N–H and O–H groups in total. The zero-order valence-corrected chi connectivity index (χ0v) is 10.4. The molecule has 0 aromatic heterocycles. The van der Waals surface area contributed by atoms with Gasteiger partial charge in [-0.1, -0.05) is 30.3 Å². The molecule has 3 rings (SSSR count). The zero-order chi connectivity index (χ0) is 12.5. The normalized spacial score (nSPS) is 35.3. The molecule has 2 saturated heterocycles. The molecule has 4 atom stereocenters. The van der Waals surface area contributed by atoms with Gasteiger partial charge in [-0.2, -0.15) is 5.26 Å². The second-order valence-electron chi connectivity index (χ2n) is 5.41. The Morgan fingerprint density at radius 2 is 2.00 bits per heavy atom. The van der Waals surface area contributed by atoms with E-state index in [1.807, 2.05) is 18.2 Å². The Bertz CT molecular complexity index is 453. The quantitative estimate of drug-likeness (QED) is 0.862. The molecule has 2 fully saturated rings. The second kappa shape index (κ2) is 4.72. The van der Waals surface area contributed by atoms with Crippen LogP contribution in [0.3, 0.4) is 0 Å². The standard InChI is InChI=1S/C15H18N2O/c16-9-12-8-14-15(18)7-6-13(12)17(14)10-11-4-2-1-3-5-11/h1-5,12-15,18H,6-8,10H2/t12-,13-,14-,15-/m1/s1. The number of hydrogen-bond acceptors (Lipinski definition) is 3. The van der Waals surface area contributed by atoms with Crippen LogP contribution in [0.4, 0.5) is 0 Å². The van der Waals surface area contributed by atoms with E-state index < -0.39 is 0 Å². The molecule has 1 aromatic rings. The molecular formula is C15H18N2O. The van der Waals surface area contributed by atoms with E-state index in [1.54, 1.807) is 0 Å². The molecular weight excluding hydrogens is 224 g/mol. The summed E-state index contributed by atoms with van der Waals surface area (Å²) in [4.78, 5) is 2.34. The molecule has 2 heterocycles. The number of fused-ring (bicyclic) bond motifs is 2. The number of piperidine rings is 1. The van der Waals surface area contributed by atoms with Crippen molar-refractivity contribution in [2.24, 2.45) is 5.92 Å². The van der Waals surface area contributed by atoms with E-state index in [0.717, 1.165) is 25.8 Å². The minimum Gasteiger partial charge on any atom is -0.391 e. The number of hydrogen-bond donors (Lipinski definition) is 1. The molecule has 18 heavy (non-hydrogen) atoms. The molecule has 0 aliphatic carbocycles. The molecule has 2 aliphatic rings. The van der Waals surface area contributed by atoms with Crippen LogP contribution in [0.5, 0.6) is 0 Å². The van der Waals surface area contributed by atoms with Gasteiger partial charge in [0.05, 0.1) is 18.1 Å². The van der Waals surface area contributed by atoms with Gasteiger partial charge >= 0.3 is 0 Å². The second-order valence-corrected chi connectivity index (χ2v) is 5.41. The summed E-state index contributed by atoms with van der Waals surface area (Å²) in [5.41, 5.74) is 1.26. The van der Waals surface area contributed by atoms with Crippen molar-refractivity contribution in [2.45, 2.75) is 44.0 Å². The maximum Gasteiger partial charge on any atom is 0.0696 e. The molecule has 2 bridgehead atoms. The Labute approximate surface area is 108 Å². The van der Waals surface area contributed by atoms with Gasteiger partial charge < -0.3 is 5.11 Å². The summed E-state index contributed by atoms with van der Waals surface area (Å²) in [6, 6.07) is 13.3. The number of nitrogens with zero attached hydrogens (tertiary/aromatic N) is 2. The van der Waals surface area contributed by atoms with Crippen LogP contribution >= 0.6 is 0 Å². The summed E-state index contributed by atoms with van der Waals surface area (Å²) in [6.45, 7) is 0.853. The van der Waals surface area contributed by atoms with Crippen molar-refractivity contribution < 1.29 is 5.11 Å². The smallest absolute Gasteiger partial charge is 0.0696 e. The summed E-state index contributed by atoms with van der Waals surface area (Å²) in [7, 11) is 0. The van der Waals surface area contributed by atoms with Gasteiger partial charge in [-0.25, -0.2) is 0 Å². The summed E-state index contributed by atoms with van der Waals surface area (Å²) in [5.74, 6) is 0.0934. The molecule has 0 unspecified atom stereocenters. The number of aliphatic hydroxyl groups excluding tert-OH is 1. The number of nitriles is 1. The van der Waals surface area contributed by atoms with Crippen molar-refractivity contribution in [3.05, 3.63) is 35.9 Å². The van der Waals surface area contributed by atoms with Crippen LogP contribution < -0.4 is 0 Å². The Balaban J connectivity index is 1.81. The van der Waals surface area contributed by atoms with Gasteiger partial charge in [0.2, 0.25) is 0 Å². The van der Waals surface area contributed by atoms with Crippen molar-refractivity contribution in [1.82, 2.24) is 4.90 Å². The summed E-state index contributed by atoms with van der Waals surface area (Å²) >= 11 is 0. The Kier molecular flexibility index (Phi) is 3.07. The summed E-state index contributed by atoms with van der Waals surface area (Å²) in [5, 5.41) is 19.3. The average Bonchev–Trinajstić information content (AvgIpc) is 2.65. The highest BCUT2D eigenvalue weighted by Crippen LogP contribution is 2.40. The minimum absolute atomic E-state index is 0.0934. The first-order valence-corrected chi connectivity index (χ1v) is 6.67. The first-order chi connectivity index (χ1) is 8.79. The maximum absolute atomic E-state index is 10.1. The summed E-state index contributed by atoms with van der Waals surface area (Å²) < 4.78 is 0. The first kappa shape index (κ1) is 11.7. The number of rotatable bonds is 2. The van der Waals surface area contributed by atoms with Gasteiger partial charge in [0, 0.05) is 18.6 Å². The molecule has 3 nitrogen and oxygen atoms in total. The lowest BCUT2D eigenvalue weighted by Crippen LogP contribution is -2.47. The molecule has 1 aromatic carbocycles. The third kappa shape index (κ3) is 1.92. The van der Waals surface area contributed by atoms with Crippen molar-refractivity contribution in [3.63, 3.8) is 0 Å². The van der Waals surface area contributed by atoms with Crippen molar-refractivity contribution in [1.29, 1.82) is 5.26 Å². The molecule has 0 amide bonds. The maximum atomic E-state index is 10.1. The van der Waals surface area contributed by atoms with Crippen LogP contribution in [0.1, 0.15) is 24.8 Å². The predicted octanol–water partition coefficient (Wildman–Crippen LogP) is 1.92. The Morgan fingerprint density at radius 1 is 1.22 bits per heavy atom. The third-order valence-corrected chi connectivity index (χ3v) is 4.39. The van der Waals surface area contributed by atoms with Crippen LogP contribution in [0.25, 0.3) is 0 Å². The average molecular weight is 242 g/mol. The van der Waals surface area contributed by atoms with E-state index in [4.69, 9.17) is 0 Å². The molecule has 2 aliphatic heterocycles. The highest BCUT2D eigenvalue weighted by molar-refractivity contribution is 5.17. The first-order valence-electron chi connectivity index (χ1n) is 6.67. The van der Waals surface area contributed by atoms with Crippen LogP contribution in [0.2, 0.25) is 0 Å². The van der Waals surface area contributed by atoms with Gasteiger partial charge in [-0.05, 0) is 24.8 Å². The van der Waals surface area contributed by atoms with Crippen molar-refractivity contribution in [3.8, 4) is 6.07 Å². The van der Waals surface area contributed by atoms with Gasteiger partial charge in [0.1, 0.15) is 0 Å². The fourth-order valence-electron chi connectivity index (χ4n) is 3.48. The van der Waals surface area contributed by atoms with E-state index in [-0.39, 0.29) is 18.1 Å². The molecule has 0 radical (unpaired) electrons. The third-order valence-electron chi connectivity index (χ3n) is 4.39.